The van der Waals surface area contributed by atoms with Crippen molar-refractivity contribution in [1.29, 1.82) is 0 Å². The van der Waals surface area contributed by atoms with E-state index in [4.69, 9.17) is 22.2 Å². The number of nitrogens with zero attached hydrogens (tertiary/aromatic N) is 3. The molecule has 3 aromatic rings. The molecule has 0 bridgehead atoms. The Morgan fingerprint density at radius 3 is 2.32 bits per heavy atom. The van der Waals surface area contributed by atoms with Crippen LogP contribution in [0.4, 0.5) is 11.5 Å². The third-order valence-electron chi connectivity index (χ3n) is 4.77. The van der Waals surface area contributed by atoms with Crippen molar-refractivity contribution in [2.24, 2.45) is 5.16 Å². The molecule has 0 saturated carbocycles. The Morgan fingerprint density at radius 2 is 1.76 bits per heavy atom. The molecular weight excluding hydrogens is 474 g/mol. The summed E-state index contributed by atoms with van der Waals surface area (Å²) >= 11 is 6.16. The molecule has 0 aliphatic heterocycles. The number of pyridine rings is 2. The highest BCUT2D eigenvalue weighted by molar-refractivity contribution is 7.92. The smallest absolute Gasteiger partial charge is 0.261 e. The molecule has 1 aromatic carbocycles. The van der Waals surface area contributed by atoms with Crippen LogP contribution in [-0.2, 0) is 20.3 Å². The Kier molecular flexibility index (Phi) is 7.48. The van der Waals surface area contributed by atoms with Crippen molar-refractivity contribution < 1.29 is 13.3 Å². The largest absolute Gasteiger partial charge is 0.393 e. The fourth-order valence-corrected chi connectivity index (χ4v) is 4.19. The van der Waals surface area contributed by atoms with Crippen LogP contribution in [0.1, 0.15) is 51.4 Å². The molecule has 0 aliphatic carbocycles. The van der Waals surface area contributed by atoms with Gasteiger partial charge in [-0.2, -0.15) is 0 Å². The minimum absolute atomic E-state index is 0.103. The van der Waals surface area contributed by atoms with E-state index in [2.05, 4.69) is 40.6 Å². The first-order chi connectivity index (χ1) is 15.9. The Labute approximate surface area is 205 Å². The van der Waals surface area contributed by atoms with Gasteiger partial charge in [0.2, 0.25) is 0 Å². The lowest BCUT2D eigenvalue weighted by atomic mass is 9.87. The summed E-state index contributed by atoms with van der Waals surface area (Å²) < 4.78 is 29.0. The molecule has 180 valence electrons. The Hall–Kier alpha value is -3.17. The summed E-state index contributed by atoms with van der Waals surface area (Å²) in [4.78, 5) is 14.0. The highest BCUT2D eigenvalue weighted by atomic mass is 35.5. The van der Waals surface area contributed by atoms with Crippen molar-refractivity contribution in [3.05, 3.63) is 76.7 Å². The first-order valence-corrected chi connectivity index (χ1v) is 12.5. The van der Waals surface area contributed by atoms with Crippen molar-refractivity contribution in [2.75, 3.05) is 10.5 Å². The number of anilines is 2. The number of hydrogen-bond acceptors (Lipinski definition) is 7. The predicted molar refractivity (Wildman–Crippen MR) is 136 cm³/mol. The number of hydrogen-bond donors (Lipinski definition) is 2. The number of aromatic nitrogens is 2. The number of nitrogens with two attached hydrogens (primary N) is 1. The molecule has 10 heteroatoms. The van der Waals surface area contributed by atoms with Gasteiger partial charge in [0.05, 0.1) is 15.6 Å². The van der Waals surface area contributed by atoms with Crippen molar-refractivity contribution in [3.63, 3.8) is 0 Å². The van der Waals surface area contributed by atoms with Crippen LogP contribution in [-0.4, -0.2) is 30.2 Å². The summed E-state index contributed by atoms with van der Waals surface area (Å²) in [6.07, 6.45) is 2.70. The molecule has 0 spiro atoms. The molecular formula is C24H28ClN5O3S. The summed E-state index contributed by atoms with van der Waals surface area (Å²) in [6.45, 7) is 9.82. The van der Waals surface area contributed by atoms with E-state index in [0.717, 1.165) is 5.56 Å². The van der Waals surface area contributed by atoms with Gasteiger partial charge in [-0.25, -0.2) is 13.4 Å². The van der Waals surface area contributed by atoms with Crippen molar-refractivity contribution in [3.8, 4) is 0 Å². The van der Waals surface area contributed by atoms with Crippen LogP contribution in [0.2, 0.25) is 5.02 Å². The third-order valence-corrected chi connectivity index (χ3v) is 6.36. The van der Waals surface area contributed by atoms with Crippen LogP contribution >= 0.6 is 11.6 Å². The standard InChI is InChI=1S/C24H28ClN5O3S/c1-15(2)33-29-22(16-6-11-21(26)27-13-16)23-20(12-18(25)14-28-23)30-34(31,32)19-9-7-17(8-10-19)24(3,4)5/h6-15,30H,1-5H3,(H2,26,27)/b29-22+. The quantitative estimate of drug-likeness (QED) is 0.347. The lowest BCUT2D eigenvalue weighted by molar-refractivity contribution is 0.0862. The van der Waals surface area contributed by atoms with Gasteiger partial charge in [-0.05, 0) is 55.2 Å². The number of nitrogens with one attached hydrogen (secondary N) is 1. The number of oxime groups is 1. The van der Waals surface area contributed by atoms with E-state index >= 15 is 0 Å². The Morgan fingerprint density at radius 1 is 1.09 bits per heavy atom. The lowest BCUT2D eigenvalue weighted by Crippen LogP contribution is -2.18. The van der Waals surface area contributed by atoms with Crippen LogP contribution in [0, 0.1) is 0 Å². The van der Waals surface area contributed by atoms with E-state index in [0.29, 0.717) is 11.4 Å². The Balaban J connectivity index is 2.06. The molecule has 2 aromatic heterocycles. The zero-order chi connectivity index (χ0) is 25.1. The normalized spacial score (nSPS) is 12.6. The second-order valence-corrected chi connectivity index (χ2v) is 11.1. The van der Waals surface area contributed by atoms with Gasteiger partial charge in [-0.3, -0.25) is 9.71 Å². The average Bonchev–Trinajstić information content (AvgIpc) is 2.75. The summed E-state index contributed by atoms with van der Waals surface area (Å²) in [6, 6.07) is 11.5. The number of rotatable bonds is 7. The second-order valence-electron chi connectivity index (χ2n) is 9.00. The summed E-state index contributed by atoms with van der Waals surface area (Å²) in [5, 5.41) is 4.47. The second kappa shape index (κ2) is 9.99. The molecule has 0 atom stereocenters. The topological polar surface area (TPSA) is 120 Å². The van der Waals surface area contributed by atoms with Gasteiger partial charge in [0.15, 0.2) is 0 Å². The van der Waals surface area contributed by atoms with Gasteiger partial charge >= 0.3 is 0 Å². The van der Waals surface area contributed by atoms with E-state index in [1.807, 2.05) is 13.8 Å². The van der Waals surface area contributed by atoms with E-state index in [1.54, 1.807) is 36.4 Å². The molecule has 0 unspecified atom stereocenters. The molecule has 0 fully saturated rings. The highest BCUT2D eigenvalue weighted by Crippen LogP contribution is 2.27. The maximum absolute atomic E-state index is 13.2. The summed E-state index contributed by atoms with van der Waals surface area (Å²) in [7, 11) is -3.95. The maximum Gasteiger partial charge on any atom is 0.261 e. The van der Waals surface area contributed by atoms with E-state index < -0.39 is 10.0 Å². The fraction of sp³-hybridized carbons (Fsp3) is 0.292. The Bertz CT molecular complexity index is 1280. The number of nitrogen functional groups attached to an aromatic ring is 1. The highest BCUT2D eigenvalue weighted by Gasteiger charge is 2.22. The fourth-order valence-electron chi connectivity index (χ4n) is 2.98. The summed E-state index contributed by atoms with van der Waals surface area (Å²) in [5.74, 6) is 0.330. The van der Waals surface area contributed by atoms with E-state index in [-0.39, 0.29) is 38.5 Å². The molecule has 3 N–H and O–H groups in total. The van der Waals surface area contributed by atoms with Crippen LogP contribution in [0.3, 0.4) is 0 Å². The molecule has 2 heterocycles. The molecule has 0 saturated heterocycles. The van der Waals surface area contributed by atoms with Gasteiger partial charge in [0, 0.05) is 18.0 Å². The van der Waals surface area contributed by atoms with Gasteiger partial charge < -0.3 is 10.6 Å². The number of halogens is 1. The first-order valence-electron chi connectivity index (χ1n) is 10.6. The average molecular weight is 502 g/mol. The zero-order valence-electron chi connectivity index (χ0n) is 19.7. The van der Waals surface area contributed by atoms with Gasteiger partial charge in [-0.15, -0.1) is 0 Å². The molecule has 0 amide bonds. The summed E-state index contributed by atoms with van der Waals surface area (Å²) in [5.41, 5.74) is 7.83. The zero-order valence-corrected chi connectivity index (χ0v) is 21.3. The van der Waals surface area contributed by atoms with Crippen molar-refractivity contribution in [1.82, 2.24) is 9.97 Å². The van der Waals surface area contributed by atoms with Crippen LogP contribution < -0.4 is 10.5 Å². The van der Waals surface area contributed by atoms with Gasteiger partial charge in [0.25, 0.3) is 10.0 Å². The third kappa shape index (κ3) is 6.24. The molecule has 34 heavy (non-hydrogen) atoms. The molecule has 0 radical (unpaired) electrons. The molecule has 8 nitrogen and oxygen atoms in total. The molecule has 0 aliphatic rings. The minimum atomic E-state index is -3.95. The predicted octanol–water partition coefficient (Wildman–Crippen LogP) is 4.99. The SMILES string of the molecule is CC(C)O/N=C(\c1ccc(N)nc1)c1ncc(Cl)cc1NS(=O)(=O)c1ccc(C(C)(C)C)cc1. The minimum Gasteiger partial charge on any atom is -0.393 e. The molecule has 3 rings (SSSR count). The van der Waals surface area contributed by atoms with Crippen LogP contribution in [0.25, 0.3) is 0 Å². The lowest BCUT2D eigenvalue weighted by Gasteiger charge is -2.19. The van der Waals surface area contributed by atoms with Gasteiger partial charge in [-0.1, -0.05) is 49.7 Å². The number of sulfonamides is 1. The van der Waals surface area contributed by atoms with Crippen LogP contribution in [0.15, 0.2) is 64.9 Å². The first kappa shape index (κ1) is 25.5. The maximum atomic E-state index is 13.2. The van der Waals surface area contributed by atoms with Crippen LogP contribution in [0.5, 0.6) is 0 Å². The van der Waals surface area contributed by atoms with Crippen molar-refractivity contribution >= 4 is 38.8 Å². The monoisotopic (exact) mass is 501 g/mol. The number of benzene rings is 1. The van der Waals surface area contributed by atoms with E-state index in [1.165, 1.54) is 18.5 Å². The van der Waals surface area contributed by atoms with E-state index in [9.17, 15) is 8.42 Å². The van der Waals surface area contributed by atoms with Gasteiger partial charge in [0.1, 0.15) is 23.3 Å². The van der Waals surface area contributed by atoms with Crippen molar-refractivity contribution in [2.45, 2.75) is 51.0 Å².